The van der Waals surface area contributed by atoms with Crippen LogP contribution in [0.25, 0.3) is 0 Å². The fraction of sp³-hybridized carbons (Fsp3) is 1.00. The second kappa shape index (κ2) is 3.72. The Morgan fingerprint density at radius 3 is 1.60 bits per heavy atom. The molecule has 0 aliphatic carbocycles. The molecule has 0 aromatic rings. The summed E-state index contributed by atoms with van der Waals surface area (Å²) in [4.78, 5) is 25.4. The molecule has 0 aliphatic rings. The first-order valence-electron chi connectivity index (χ1n) is 2.44. The van der Waals surface area contributed by atoms with Gasteiger partial charge in [0.05, 0.1) is 0 Å². The Balaban J connectivity index is 3.56. The summed E-state index contributed by atoms with van der Waals surface area (Å²) in [5.74, 6) is 0. The molecule has 0 aromatic carbocycles. The summed E-state index contributed by atoms with van der Waals surface area (Å²) in [6.45, 7) is 0. The van der Waals surface area contributed by atoms with Crippen molar-refractivity contribution in [2.24, 2.45) is 0 Å². The average Bonchev–Trinajstić information content (AvgIpc) is 1.57. The van der Waals surface area contributed by atoms with Crippen molar-refractivity contribution in [2.75, 3.05) is 6.16 Å². The van der Waals surface area contributed by atoms with Gasteiger partial charge in [-0.3, -0.25) is 0 Å². The molecule has 0 heterocycles. The molecule has 0 aromatic heterocycles. The van der Waals surface area contributed by atoms with E-state index in [-0.39, 0.29) is 12.6 Å². The van der Waals surface area contributed by atoms with Crippen LogP contribution in [0.5, 0.6) is 0 Å². The van der Waals surface area contributed by atoms with Gasteiger partial charge in [-0.1, -0.05) is 0 Å². The van der Waals surface area contributed by atoms with E-state index >= 15 is 0 Å². The van der Waals surface area contributed by atoms with Crippen molar-refractivity contribution in [3.63, 3.8) is 0 Å². The molecule has 7 heteroatoms. The Hall–Kier alpha value is 1.18. The third-order valence-corrected chi connectivity index (χ3v) is 2.23. The van der Waals surface area contributed by atoms with Crippen LogP contribution >= 0.6 is 42.7 Å². The van der Waals surface area contributed by atoms with Gasteiger partial charge in [-0.2, -0.15) is 0 Å². The van der Waals surface area contributed by atoms with Gasteiger partial charge in [0.1, 0.15) is 0 Å². The molecule has 0 rings (SSSR count). The van der Waals surface area contributed by atoms with Crippen LogP contribution in [-0.2, 0) is 0 Å². The Kier molecular flexibility index (Phi) is 4.16. The molecule has 0 atom stereocenters. The van der Waals surface area contributed by atoms with Crippen LogP contribution in [-0.4, -0.2) is 24.6 Å². The predicted molar refractivity (Wildman–Crippen MR) is 44.7 cm³/mol. The average molecular weight is 229 g/mol. The maximum atomic E-state index is 8.46. The molecule has 0 saturated carbocycles. The normalized spacial score (nSPS) is 15.4. The molecule has 0 bridgehead atoms. The third kappa shape index (κ3) is 9.18. The quantitative estimate of drug-likeness (QED) is 0.493. The van der Waals surface area contributed by atoms with Crippen LogP contribution in [0.3, 0.4) is 0 Å². The van der Waals surface area contributed by atoms with Gasteiger partial charge >= 0.3 is 73.8 Å². The van der Waals surface area contributed by atoms with Crippen molar-refractivity contribution >= 4 is 42.7 Å². The summed E-state index contributed by atoms with van der Waals surface area (Å²) in [5, 5.41) is 0. The molecular formula is C3H8Cl3O3P. The summed E-state index contributed by atoms with van der Waals surface area (Å²) in [7, 11) is -4.02. The second-order valence-corrected chi connectivity index (χ2v) is 6.45. The van der Waals surface area contributed by atoms with E-state index in [2.05, 4.69) is 0 Å². The number of rotatable bonds is 2. The number of halogens is 3. The second-order valence-electron chi connectivity index (χ2n) is 1.89. The summed E-state index contributed by atoms with van der Waals surface area (Å²) >= 11 is 15.8. The monoisotopic (exact) mass is 228 g/mol. The zero-order chi connectivity index (χ0) is 8.41. The minimum absolute atomic E-state index is 0.0621. The van der Waals surface area contributed by atoms with Gasteiger partial charge in [0.15, 0.2) is 0 Å². The van der Waals surface area contributed by atoms with Gasteiger partial charge in [-0.15, -0.1) is 0 Å². The van der Waals surface area contributed by atoms with E-state index in [1.165, 1.54) is 0 Å². The first-order valence-corrected chi connectivity index (χ1v) is 5.63. The molecular weight excluding hydrogens is 221 g/mol. The Labute approximate surface area is 74.1 Å². The van der Waals surface area contributed by atoms with Gasteiger partial charge in [0, 0.05) is 0 Å². The van der Waals surface area contributed by atoms with Crippen molar-refractivity contribution < 1.29 is 14.7 Å². The summed E-state index contributed by atoms with van der Waals surface area (Å²) in [6.07, 6.45) is -0.323. The minimum atomic E-state index is -4.02. The topological polar surface area (TPSA) is 60.7 Å². The van der Waals surface area contributed by atoms with E-state index < -0.39 is 11.7 Å². The summed E-state index contributed by atoms with van der Waals surface area (Å²) in [6, 6.07) is 0. The first kappa shape index (κ1) is 11.2. The fourth-order valence-corrected chi connectivity index (χ4v) is 1.78. The molecule has 3 nitrogen and oxygen atoms in total. The van der Waals surface area contributed by atoms with Gasteiger partial charge in [0.2, 0.25) is 0 Å². The van der Waals surface area contributed by atoms with E-state index in [4.69, 9.17) is 49.5 Å². The van der Waals surface area contributed by atoms with Gasteiger partial charge in [-0.05, 0) is 0 Å². The van der Waals surface area contributed by atoms with E-state index in [1.54, 1.807) is 0 Å². The number of hydrogen-bond acceptors (Lipinski definition) is 3. The zero-order valence-electron chi connectivity index (χ0n) is 4.89. The van der Waals surface area contributed by atoms with Crippen LogP contribution in [0.1, 0.15) is 6.42 Å². The third-order valence-electron chi connectivity index (χ3n) is 0.744. The first-order chi connectivity index (χ1) is 4.21. The van der Waals surface area contributed by atoms with Crippen LogP contribution in [0.15, 0.2) is 0 Å². The fourth-order valence-electron chi connectivity index (χ4n) is 0.309. The van der Waals surface area contributed by atoms with Crippen LogP contribution in [0.4, 0.5) is 0 Å². The SMILES string of the molecule is O[PH](O)(O)CCC(Cl)(Cl)Cl. The molecule has 0 spiro atoms. The molecule has 0 amide bonds. The van der Waals surface area contributed by atoms with E-state index in [9.17, 15) is 0 Å². The summed E-state index contributed by atoms with van der Waals surface area (Å²) < 4.78 is -1.52. The summed E-state index contributed by atoms with van der Waals surface area (Å²) in [5.41, 5.74) is 0. The molecule has 3 N–H and O–H groups in total. The van der Waals surface area contributed by atoms with Crippen molar-refractivity contribution in [1.82, 2.24) is 0 Å². The van der Waals surface area contributed by atoms with Crippen molar-refractivity contribution in [3.05, 3.63) is 0 Å². The van der Waals surface area contributed by atoms with Crippen LogP contribution in [0, 0.1) is 0 Å². The van der Waals surface area contributed by atoms with Crippen molar-refractivity contribution in [1.29, 1.82) is 0 Å². The van der Waals surface area contributed by atoms with Crippen LogP contribution in [0.2, 0.25) is 0 Å². The van der Waals surface area contributed by atoms with Gasteiger partial charge in [0.25, 0.3) is 0 Å². The Bertz CT molecular complexity index is 92.5. The van der Waals surface area contributed by atoms with Gasteiger partial charge < -0.3 is 0 Å². The maximum absolute atomic E-state index is 8.46. The van der Waals surface area contributed by atoms with Crippen molar-refractivity contribution in [2.45, 2.75) is 10.2 Å². The predicted octanol–water partition coefficient (Wildman–Crippen LogP) is 1.22. The molecule has 0 aliphatic heterocycles. The standard InChI is InChI=1S/C3H8Cl3O3P/c4-3(5,6)1-2-10(7,8)9/h7-10H,1-2H2. The van der Waals surface area contributed by atoms with Crippen LogP contribution < -0.4 is 0 Å². The number of hydrogen-bond donors (Lipinski definition) is 3. The molecule has 0 fully saturated rings. The Morgan fingerprint density at radius 2 is 1.50 bits per heavy atom. The molecule has 0 saturated heterocycles. The van der Waals surface area contributed by atoms with E-state index in [0.717, 1.165) is 0 Å². The molecule has 10 heavy (non-hydrogen) atoms. The van der Waals surface area contributed by atoms with E-state index in [0.29, 0.717) is 0 Å². The molecule has 64 valence electrons. The van der Waals surface area contributed by atoms with E-state index in [1.807, 2.05) is 0 Å². The molecule has 0 unspecified atom stereocenters. The number of alkyl halides is 3. The molecule has 0 radical (unpaired) electrons. The van der Waals surface area contributed by atoms with Crippen molar-refractivity contribution in [3.8, 4) is 0 Å². The van der Waals surface area contributed by atoms with Gasteiger partial charge in [-0.25, -0.2) is 0 Å². The zero-order valence-corrected chi connectivity index (χ0v) is 8.16. The Morgan fingerprint density at radius 1 is 1.10 bits per heavy atom.